The molecule has 0 saturated heterocycles. The number of nitrogens with zero attached hydrogens (tertiary/aromatic N) is 2. The van der Waals surface area contributed by atoms with Gasteiger partial charge in [-0.1, -0.05) is 56.3 Å². The number of nitrogens with one attached hydrogen (secondary N) is 4. The van der Waals surface area contributed by atoms with Crippen molar-refractivity contribution in [3.63, 3.8) is 0 Å². The molecule has 188 valence electrons. The van der Waals surface area contributed by atoms with Crippen molar-refractivity contribution < 1.29 is 4.79 Å². The van der Waals surface area contributed by atoms with Gasteiger partial charge in [0.1, 0.15) is 0 Å². The molecule has 0 aliphatic rings. The number of aromatic amines is 1. The minimum Gasteiger partial charge on any atom is -0.360 e. The van der Waals surface area contributed by atoms with Crippen LogP contribution in [0.25, 0.3) is 22.2 Å². The minimum absolute atomic E-state index is 0.155. The van der Waals surface area contributed by atoms with Crippen molar-refractivity contribution in [2.45, 2.75) is 20.8 Å². The zero-order valence-electron chi connectivity index (χ0n) is 21.4. The van der Waals surface area contributed by atoms with Crippen LogP contribution in [0.1, 0.15) is 29.8 Å². The number of hydrogen-bond donors (Lipinski definition) is 4. The summed E-state index contributed by atoms with van der Waals surface area (Å²) in [5.41, 5.74) is 6.05. The van der Waals surface area contributed by atoms with Crippen LogP contribution in [0.4, 0.5) is 17.3 Å². The van der Waals surface area contributed by atoms with Crippen LogP contribution in [0.3, 0.4) is 0 Å². The van der Waals surface area contributed by atoms with Gasteiger partial charge >= 0.3 is 0 Å². The summed E-state index contributed by atoms with van der Waals surface area (Å²) in [6.45, 7) is 8.38. The third-order valence-electron chi connectivity index (χ3n) is 5.80. The van der Waals surface area contributed by atoms with E-state index in [-0.39, 0.29) is 5.91 Å². The van der Waals surface area contributed by atoms with Crippen LogP contribution in [-0.4, -0.2) is 33.9 Å². The summed E-state index contributed by atoms with van der Waals surface area (Å²) < 4.78 is 0. The summed E-state index contributed by atoms with van der Waals surface area (Å²) in [5, 5.41) is 10.5. The Kier molecular flexibility index (Phi) is 8.62. The van der Waals surface area contributed by atoms with Gasteiger partial charge in [-0.25, -0.2) is 9.97 Å². The zero-order valence-corrected chi connectivity index (χ0v) is 21.4. The lowest BCUT2D eigenvalue weighted by Crippen LogP contribution is -2.12. The molecule has 4 N–H and O–H groups in total. The standard InChI is InChI=1S/C26H21N5O.C4H11N/c1-17-11-12-19(29-25(32)18-7-3-2-4-8-18)15-24(17)31-26-27-14-13-23(30-26)21-16-28-22-10-6-5-9-20(21)22;1-3-5-4-2/h2-16,28H,1H3,(H,29,32)(H,27,30,31);5H,3-4H2,1-2H3. The van der Waals surface area contributed by atoms with Crippen molar-refractivity contribution in [3.8, 4) is 11.3 Å². The highest BCUT2D eigenvalue weighted by Gasteiger charge is 2.10. The number of amides is 1. The Bertz CT molecular complexity index is 1460. The number of fused-ring (bicyclic) bond motifs is 1. The van der Waals surface area contributed by atoms with Gasteiger partial charge in [0.15, 0.2) is 0 Å². The molecule has 2 heterocycles. The molecule has 37 heavy (non-hydrogen) atoms. The van der Waals surface area contributed by atoms with Crippen LogP contribution in [-0.2, 0) is 0 Å². The molecule has 1 amide bonds. The second-order valence-corrected chi connectivity index (χ2v) is 8.45. The first-order valence-electron chi connectivity index (χ1n) is 12.4. The molecular formula is C30H32N6O. The van der Waals surface area contributed by atoms with Crippen molar-refractivity contribution in [3.05, 3.63) is 102 Å². The number of carbonyl (C=O) groups excluding carboxylic acids is 1. The van der Waals surface area contributed by atoms with E-state index in [1.54, 1.807) is 18.3 Å². The molecule has 0 spiro atoms. The second kappa shape index (κ2) is 12.5. The van der Waals surface area contributed by atoms with Gasteiger partial charge < -0.3 is 20.9 Å². The fourth-order valence-electron chi connectivity index (χ4n) is 3.85. The van der Waals surface area contributed by atoms with Crippen molar-refractivity contribution in [1.82, 2.24) is 20.3 Å². The Hall–Kier alpha value is -4.49. The first-order chi connectivity index (χ1) is 18.1. The lowest BCUT2D eigenvalue weighted by atomic mass is 10.1. The quantitative estimate of drug-likeness (QED) is 0.207. The van der Waals surface area contributed by atoms with Crippen LogP contribution in [0.5, 0.6) is 0 Å². The van der Waals surface area contributed by atoms with Crippen molar-refractivity contribution in [2.75, 3.05) is 23.7 Å². The maximum Gasteiger partial charge on any atom is 0.255 e. The van der Waals surface area contributed by atoms with Gasteiger partial charge in [-0.05, 0) is 62.0 Å². The Morgan fingerprint density at radius 3 is 2.43 bits per heavy atom. The molecule has 0 atom stereocenters. The van der Waals surface area contributed by atoms with Gasteiger partial charge in [0, 0.05) is 45.8 Å². The molecule has 7 heteroatoms. The van der Waals surface area contributed by atoms with Gasteiger partial charge in [0.2, 0.25) is 5.95 Å². The maximum atomic E-state index is 12.5. The predicted molar refractivity (Wildman–Crippen MR) is 152 cm³/mol. The van der Waals surface area contributed by atoms with Crippen molar-refractivity contribution in [2.24, 2.45) is 0 Å². The second-order valence-electron chi connectivity index (χ2n) is 8.45. The van der Waals surface area contributed by atoms with Gasteiger partial charge in [-0.3, -0.25) is 4.79 Å². The Labute approximate surface area is 217 Å². The largest absolute Gasteiger partial charge is 0.360 e. The van der Waals surface area contributed by atoms with E-state index in [0.29, 0.717) is 17.2 Å². The molecule has 0 radical (unpaired) electrons. The summed E-state index contributed by atoms with van der Waals surface area (Å²) in [5.74, 6) is 0.334. The molecule has 3 aromatic carbocycles. The number of aryl methyl sites for hydroxylation is 1. The summed E-state index contributed by atoms with van der Waals surface area (Å²) in [6, 6.07) is 24.9. The first kappa shape index (κ1) is 25.6. The molecule has 0 fully saturated rings. The fraction of sp³-hybridized carbons (Fsp3) is 0.167. The fourth-order valence-corrected chi connectivity index (χ4v) is 3.85. The predicted octanol–water partition coefficient (Wildman–Crippen LogP) is 6.55. The number of H-pyrrole nitrogens is 1. The Morgan fingerprint density at radius 2 is 1.68 bits per heavy atom. The van der Waals surface area contributed by atoms with Crippen LogP contribution >= 0.6 is 0 Å². The highest BCUT2D eigenvalue weighted by molar-refractivity contribution is 6.04. The van der Waals surface area contributed by atoms with Gasteiger partial charge in [0.05, 0.1) is 5.69 Å². The van der Waals surface area contributed by atoms with Crippen molar-refractivity contribution >= 4 is 34.1 Å². The molecule has 7 nitrogen and oxygen atoms in total. The van der Waals surface area contributed by atoms with Gasteiger partial charge in [-0.15, -0.1) is 0 Å². The monoisotopic (exact) mass is 492 g/mol. The number of benzene rings is 3. The topological polar surface area (TPSA) is 94.7 Å². The summed E-state index contributed by atoms with van der Waals surface area (Å²) in [7, 11) is 0. The van der Waals surface area contributed by atoms with E-state index in [1.165, 1.54) is 0 Å². The average molecular weight is 493 g/mol. The first-order valence-corrected chi connectivity index (χ1v) is 12.4. The van der Waals surface area contributed by atoms with E-state index in [4.69, 9.17) is 4.98 Å². The molecule has 5 aromatic rings. The molecule has 0 unspecified atom stereocenters. The molecule has 0 bridgehead atoms. The molecular weight excluding hydrogens is 460 g/mol. The average Bonchev–Trinajstić information content (AvgIpc) is 3.36. The lowest BCUT2D eigenvalue weighted by Gasteiger charge is -2.12. The minimum atomic E-state index is -0.155. The summed E-state index contributed by atoms with van der Waals surface area (Å²) >= 11 is 0. The number of carbonyl (C=O) groups is 1. The lowest BCUT2D eigenvalue weighted by molar-refractivity contribution is 0.102. The van der Waals surface area contributed by atoms with Gasteiger partial charge in [0.25, 0.3) is 5.91 Å². The van der Waals surface area contributed by atoms with E-state index >= 15 is 0 Å². The van der Waals surface area contributed by atoms with Crippen LogP contribution in [0.2, 0.25) is 0 Å². The molecule has 5 rings (SSSR count). The highest BCUT2D eigenvalue weighted by atomic mass is 16.1. The van der Waals surface area contributed by atoms with E-state index < -0.39 is 0 Å². The van der Waals surface area contributed by atoms with Gasteiger partial charge in [-0.2, -0.15) is 0 Å². The highest BCUT2D eigenvalue weighted by Crippen LogP contribution is 2.28. The number of anilines is 3. The Morgan fingerprint density at radius 1 is 0.919 bits per heavy atom. The number of hydrogen-bond acceptors (Lipinski definition) is 5. The zero-order chi connectivity index (χ0) is 26.0. The third-order valence-corrected chi connectivity index (χ3v) is 5.80. The van der Waals surface area contributed by atoms with Crippen LogP contribution in [0.15, 0.2) is 91.3 Å². The molecule has 0 saturated carbocycles. The SMILES string of the molecule is CCNCC.Cc1ccc(NC(=O)c2ccccc2)cc1Nc1nccc(-c2c[nH]c3ccccc23)n1. The van der Waals surface area contributed by atoms with Crippen LogP contribution in [0, 0.1) is 6.92 Å². The molecule has 0 aliphatic carbocycles. The number of para-hydroxylation sites is 1. The summed E-state index contributed by atoms with van der Waals surface area (Å²) in [6.07, 6.45) is 3.70. The number of aromatic nitrogens is 3. The Balaban J connectivity index is 0.000000586. The smallest absolute Gasteiger partial charge is 0.255 e. The number of rotatable bonds is 7. The van der Waals surface area contributed by atoms with E-state index in [2.05, 4.69) is 45.8 Å². The maximum absolute atomic E-state index is 12.5. The van der Waals surface area contributed by atoms with Crippen LogP contribution < -0.4 is 16.0 Å². The normalized spacial score (nSPS) is 10.5. The van der Waals surface area contributed by atoms with E-state index in [1.807, 2.05) is 73.8 Å². The molecule has 0 aliphatic heterocycles. The molecule has 2 aromatic heterocycles. The van der Waals surface area contributed by atoms with E-state index in [9.17, 15) is 4.79 Å². The summed E-state index contributed by atoms with van der Waals surface area (Å²) in [4.78, 5) is 24.9. The van der Waals surface area contributed by atoms with E-state index in [0.717, 1.165) is 46.5 Å². The third kappa shape index (κ3) is 6.59. The van der Waals surface area contributed by atoms with Crippen molar-refractivity contribution in [1.29, 1.82) is 0 Å².